The predicted molar refractivity (Wildman–Crippen MR) is 78.5 cm³/mol. The molecule has 0 heterocycles. The fourth-order valence-corrected chi connectivity index (χ4v) is 2.86. The summed E-state index contributed by atoms with van der Waals surface area (Å²) in [5.41, 5.74) is 6.51. The number of anilines is 1. The first-order chi connectivity index (χ1) is 9.47. The van der Waals surface area contributed by atoms with Crippen molar-refractivity contribution < 1.29 is 9.31 Å². The van der Waals surface area contributed by atoms with Gasteiger partial charge in [0.15, 0.2) is 0 Å². The second-order valence-electron chi connectivity index (χ2n) is 4.00. The third-order valence-electron chi connectivity index (χ3n) is 2.60. The molecule has 104 valence electrons. The Balaban J connectivity index is 2.24. The highest BCUT2D eigenvalue weighted by atomic mass is 35.5. The molecule has 0 saturated heterocycles. The molecule has 2 aromatic carbocycles. The largest absolute Gasteiger partial charge is 0.398 e. The molecule has 0 atom stereocenters. The SMILES string of the molecule is Nc1ccc(Cl)cc1SCc1cc(F)ccc1[N+](=O)[O-]. The maximum Gasteiger partial charge on any atom is 0.273 e. The van der Waals surface area contributed by atoms with Crippen molar-refractivity contribution in [2.24, 2.45) is 0 Å². The molecule has 0 saturated carbocycles. The maximum absolute atomic E-state index is 13.2. The molecule has 0 aliphatic rings. The highest BCUT2D eigenvalue weighted by molar-refractivity contribution is 7.98. The van der Waals surface area contributed by atoms with E-state index in [-0.39, 0.29) is 11.4 Å². The number of nitrogens with two attached hydrogens (primary N) is 1. The zero-order valence-electron chi connectivity index (χ0n) is 10.2. The van der Waals surface area contributed by atoms with Gasteiger partial charge in [-0.05, 0) is 30.3 Å². The van der Waals surface area contributed by atoms with Crippen LogP contribution in [0.5, 0.6) is 0 Å². The van der Waals surface area contributed by atoms with Crippen LogP contribution in [-0.2, 0) is 5.75 Å². The Labute approximate surface area is 123 Å². The molecule has 0 unspecified atom stereocenters. The number of benzene rings is 2. The zero-order valence-corrected chi connectivity index (χ0v) is 11.7. The number of nitro groups is 1. The summed E-state index contributed by atoms with van der Waals surface area (Å²) in [7, 11) is 0. The van der Waals surface area contributed by atoms with Gasteiger partial charge in [0.1, 0.15) is 5.82 Å². The van der Waals surface area contributed by atoms with E-state index in [9.17, 15) is 14.5 Å². The summed E-state index contributed by atoms with van der Waals surface area (Å²) in [6.07, 6.45) is 0. The van der Waals surface area contributed by atoms with Crippen LogP contribution in [0.4, 0.5) is 15.8 Å². The van der Waals surface area contributed by atoms with Crippen molar-refractivity contribution in [1.29, 1.82) is 0 Å². The van der Waals surface area contributed by atoms with Gasteiger partial charge in [-0.25, -0.2) is 4.39 Å². The van der Waals surface area contributed by atoms with Crippen LogP contribution in [0.2, 0.25) is 5.02 Å². The molecular formula is C13H10ClFN2O2S. The van der Waals surface area contributed by atoms with Gasteiger partial charge < -0.3 is 5.73 Å². The molecule has 7 heteroatoms. The summed E-state index contributed by atoms with van der Waals surface area (Å²) in [6.45, 7) is 0. The fraction of sp³-hybridized carbons (Fsp3) is 0.0769. The van der Waals surface area contributed by atoms with Crippen molar-refractivity contribution in [3.05, 3.63) is 62.9 Å². The van der Waals surface area contributed by atoms with E-state index in [4.69, 9.17) is 17.3 Å². The van der Waals surface area contributed by atoms with Crippen LogP contribution < -0.4 is 5.73 Å². The Morgan fingerprint density at radius 2 is 2.05 bits per heavy atom. The molecule has 0 amide bonds. The maximum atomic E-state index is 13.2. The number of nitro benzene ring substituents is 1. The van der Waals surface area contributed by atoms with Crippen molar-refractivity contribution in [1.82, 2.24) is 0 Å². The molecule has 0 bridgehead atoms. The Kier molecular flexibility index (Phi) is 4.46. The summed E-state index contributed by atoms with van der Waals surface area (Å²) >= 11 is 7.14. The van der Waals surface area contributed by atoms with E-state index in [0.717, 1.165) is 18.2 Å². The standard InChI is InChI=1S/C13H10ClFN2O2S/c14-9-1-3-11(16)13(6-9)20-7-8-5-10(15)2-4-12(8)17(18)19/h1-6H,7,16H2. The summed E-state index contributed by atoms with van der Waals surface area (Å²) < 4.78 is 13.2. The van der Waals surface area contributed by atoms with Crippen LogP contribution >= 0.6 is 23.4 Å². The molecule has 2 aromatic rings. The van der Waals surface area contributed by atoms with Crippen LogP contribution in [0, 0.1) is 15.9 Å². The topological polar surface area (TPSA) is 69.2 Å². The van der Waals surface area contributed by atoms with E-state index in [2.05, 4.69) is 0 Å². The van der Waals surface area contributed by atoms with Crippen LogP contribution in [-0.4, -0.2) is 4.92 Å². The van der Waals surface area contributed by atoms with Crippen molar-refractivity contribution in [2.45, 2.75) is 10.6 Å². The summed E-state index contributed by atoms with van der Waals surface area (Å²) in [5.74, 6) is -0.274. The Morgan fingerprint density at radius 1 is 1.30 bits per heavy atom. The Morgan fingerprint density at radius 3 is 2.75 bits per heavy atom. The van der Waals surface area contributed by atoms with Gasteiger partial charge in [-0.2, -0.15) is 0 Å². The molecule has 4 nitrogen and oxygen atoms in total. The zero-order chi connectivity index (χ0) is 14.7. The smallest absolute Gasteiger partial charge is 0.273 e. The Bertz CT molecular complexity index is 667. The summed E-state index contributed by atoms with van der Waals surface area (Å²) in [5, 5.41) is 11.4. The minimum Gasteiger partial charge on any atom is -0.398 e. The molecule has 0 aliphatic heterocycles. The molecule has 0 fully saturated rings. The van der Waals surface area contributed by atoms with Crippen LogP contribution in [0.15, 0.2) is 41.3 Å². The number of hydrogen-bond donors (Lipinski definition) is 1. The lowest BCUT2D eigenvalue weighted by molar-refractivity contribution is -0.385. The van der Waals surface area contributed by atoms with Gasteiger partial charge in [-0.1, -0.05) is 11.6 Å². The van der Waals surface area contributed by atoms with Crippen molar-refractivity contribution in [2.75, 3.05) is 5.73 Å². The molecule has 2 rings (SSSR count). The quantitative estimate of drug-likeness (QED) is 0.396. The van der Waals surface area contributed by atoms with Gasteiger partial charge in [-0.3, -0.25) is 10.1 Å². The molecule has 0 aromatic heterocycles. The molecular weight excluding hydrogens is 303 g/mol. The van der Waals surface area contributed by atoms with Crippen molar-refractivity contribution in [3.63, 3.8) is 0 Å². The van der Waals surface area contributed by atoms with Crippen molar-refractivity contribution in [3.8, 4) is 0 Å². The fourth-order valence-electron chi connectivity index (χ4n) is 1.64. The molecule has 20 heavy (non-hydrogen) atoms. The first-order valence-electron chi connectivity index (χ1n) is 5.58. The van der Waals surface area contributed by atoms with E-state index in [1.54, 1.807) is 18.2 Å². The van der Waals surface area contributed by atoms with Gasteiger partial charge in [0.25, 0.3) is 5.69 Å². The number of rotatable bonds is 4. The number of nitrogens with zero attached hydrogens (tertiary/aromatic N) is 1. The molecule has 0 radical (unpaired) electrons. The van der Waals surface area contributed by atoms with E-state index in [1.165, 1.54) is 11.8 Å². The highest BCUT2D eigenvalue weighted by Crippen LogP contribution is 2.33. The van der Waals surface area contributed by atoms with Crippen molar-refractivity contribution >= 4 is 34.7 Å². The van der Waals surface area contributed by atoms with Gasteiger partial charge in [0, 0.05) is 33.0 Å². The summed E-state index contributed by atoms with van der Waals surface area (Å²) in [6, 6.07) is 8.38. The third kappa shape index (κ3) is 3.40. The lowest BCUT2D eigenvalue weighted by Crippen LogP contribution is -1.96. The highest BCUT2D eigenvalue weighted by Gasteiger charge is 2.15. The van der Waals surface area contributed by atoms with E-state index >= 15 is 0 Å². The molecule has 0 spiro atoms. The van der Waals surface area contributed by atoms with E-state index < -0.39 is 10.7 Å². The van der Waals surface area contributed by atoms with Gasteiger partial charge in [-0.15, -0.1) is 11.8 Å². The third-order valence-corrected chi connectivity index (χ3v) is 3.95. The number of thioether (sulfide) groups is 1. The first kappa shape index (κ1) is 14.6. The van der Waals surface area contributed by atoms with Crippen LogP contribution in [0.3, 0.4) is 0 Å². The minimum atomic E-state index is -0.531. The van der Waals surface area contributed by atoms with E-state index in [0.29, 0.717) is 21.2 Å². The van der Waals surface area contributed by atoms with Gasteiger partial charge in [0.2, 0.25) is 0 Å². The van der Waals surface area contributed by atoms with E-state index in [1.807, 2.05) is 0 Å². The number of hydrogen-bond acceptors (Lipinski definition) is 4. The second kappa shape index (κ2) is 6.11. The monoisotopic (exact) mass is 312 g/mol. The normalized spacial score (nSPS) is 10.5. The number of nitrogen functional groups attached to an aromatic ring is 1. The Hall–Kier alpha value is -1.79. The summed E-state index contributed by atoms with van der Waals surface area (Å²) in [4.78, 5) is 11.1. The van der Waals surface area contributed by atoms with Gasteiger partial charge in [0.05, 0.1) is 4.92 Å². The molecule has 2 N–H and O–H groups in total. The molecule has 0 aliphatic carbocycles. The van der Waals surface area contributed by atoms with Crippen LogP contribution in [0.1, 0.15) is 5.56 Å². The second-order valence-corrected chi connectivity index (χ2v) is 5.45. The predicted octanol–water partition coefficient (Wildman–Crippen LogP) is 4.26. The average Bonchev–Trinajstić information content (AvgIpc) is 2.39. The van der Waals surface area contributed by atoms with Gasteiger partial charge >= 0.3 is 0 Å². The average molecular weight is 313 g/mol. The number of halogens is 2. The first-order valence-corrected chi connectivity index (χ1v) is 6.94. The minimum absolute atomic E-state index is 0.112. The lowest BCUT2D eigenvalue weighted by atomic mass is 10.2. The van der Waals surface area contributed by atoms with Crippen LogP contribution in [0.25, 0.3) is 0 Å². The lowest BCUT2D eigenvalue weighted by Gasteiger charge is -2.06.